The van der Waals surface area contributed by atoms with E-state index in [-0.39, 0.29) is 10.7 Å². The summed E-state index contributed by atoms with van der Waals surface area (Å²) >= 11 is 5.16. The molecule has 8 heteroatoms. The van der Waals surface area contributed by atoms with Gasteiger partial charge in [-0.25, -0.2) is 4.79 Å². The number of aryl methyl sites for hydroxylation is 2. The lowest BCUT2D eigenvalue weighted by molar-refractivity contribution is -0.130. The third-order valence-electron chi connectivity index (χ3n) is 4.31. The van der Waals surface area contributed by atoms with Gasteiger partial charge in [0.15, 0.2) is 11.0 Å². The van der Waals surface area contributed by atoms with Crippen molar-refractivity contribution in [1.82, 2.24) is 5.32 Å². The molecule has 1 aliphatic rings. The van der Waals surface area contributed by atoms with Gasteiger partial charge in [-0.2, -0.15) is 0 Å². The number of thiocarbonyl (C=S) groups is 1. The first-order chi connectivity index (χ1) is 13.3. The lowest BCUT2D eigenvalue weighted by atomic mass is 10.1. The summed E-state index contributed by atoms with van der Waals surface area (Å²) in [5.41, 5.74) is 2.73. The molecule has 2 amide bonds. The number of anilines is 1. The molecular weight excluding hydrogens is 378 g/mol. The van der Waals surface area contributed by atoms with Gasteiger partial charge in [0.25, 0.3) is 5.91 Å². The van der Waals surface area contributed by atoms with Crippen molar-refractivity contribution in [2.24, 2.45) is 10.9 Å². The molecule has 1 fully saturated rings. The maximum absolute atomic E-state index is 12.9. The molecule has 1 atom stereocenters. The second-order valence-corrected chi connectivity index (χ2v) is 6.75. The van der Waals surface area contributed by atoms with E-state index in [1.54, 1.807) is 25.1 Å². The molecule has 28 heavy (non-hydrogen) atoms. The van der Waals surface area contributed by atoms with Crippen molar-refractivity contribution in [1.29, 1.82) is 0 Å². The van der Waals surface area contributed by atoms with Crippen molar-refractivity contribution in [2.45, 2.75) is 13.8 Å². The van der Waals surface area contributed by atoms with Gasteiger partial charge < -0.3 is 10.4 Å². The summed E-state index contributed by atoms with van der Waals surface area (Å²) < 4.78 is 0. The van der Waals surface area contributed by atoms with E-state index in [1.807, 2.05) is 19.1 Å². The van der Waals surface area contributed by atoms with E-state index >= 15 is 0 Å². The van der Waals surface area contributed by atoms with Gasteiger partial charge in [-0.05, 0) is 55.9 Å². The van der Waals surface area contributed by atoms with E-state index in [4.69, 9.17) is 17.3 Å². The molecule has 142 valence electrons. The summed E-state index contributed by atoms with van der Waals surface area (Å²) in [6, 6.07) is 11.6. The first-order valence-corrected chi connectivity index (χ1v) is 8.82. The van der Waals surface area contributed by atoms with Crippen LogP contribution in [0.15, 0.2) is 47.5 Å². The Morgan fingerprint density at radius 3 is 2.50 bits per heavy atom. The zero-order valence-electron chi connectivity index (χ0n) is 15.2. The highest BCUT2D eigenvalue weighted by atomic mass is 32.1. The minimum absolute atomic E-state index is 0.00700. The summed E-state index contributed by atoms with van der Waals surface area (Å²) in [6.45, 7) is 3.68. The number of hydrogen-bond donors (Lipinski definition) is 2. The van der Waals surface area contributed by atoms with Crippen molar-refractivity contribution in [3.8, 4) is 0 Å². The molecule has 2 aromatic carbocycles. The smallest absolute Gasteiger partial charge is 0.335 e. The minimum atomic E-state index is -1.18. The molecule has 1 saturated heterocycles. The number of benzene rings is 2. The molecule has 1 heterocycles. The summed E-state index contributed by atoms with van der Waals surface area (Å²) in [7, 11) is 0. The summed E-state index contributed by atoms with van der Waals surface area (Å²) in [6.07, 6.45) is 1.22. The topological polar surface area (TPSA) is 99.1 Å². The number of rotatable bonds is 4. The number of nitrogens with zero attached hydrogens (tertiary/aromatic N) is 2. The van der Waals surface area contributed by atoms with Gasteiger partial charge in [0.2, 0.25) is 5.91 Å². The van der Waals surface area contributed by atoms with Crippen LogP contribution >= 0.6 is 12.2 Å². The quantitative estimate of drug-likeness (QED) is 0.471. The van der Waals surface area contributed by atoms with Crippen LogP contribution in [0, 0.1) is 19.8 Å². The number of amides is 2. The minimum Gasteiger partial charge on any atom is -0.478 e. The SMILES string of the molecule is Cc1ccc(N2C(=O)[C@@H](C=Nc3cc(C(=O)O)ccc3C)C(=O)NC2=S)cc1. The fraction of sp³-hybridized carbons (Fsp3) is 0.150. The van der Waals surface area contributed by atoms with Crippen LogP contribution in [0.1, 0.15) is 21.5 Å². The van der Waals surface area contributed by atoms with Gasteiger partial charge in [0.05, 0.1) is 16.9 Å². The number of aromatic carboxylic acids is 1. The lowest BCUT2D eigenvalue weighted by Crippen LogP contribution is -2.58. The van der Waals surface area contributed by atoms with E-state index in [9.17, 15) is 14.4 Å². The summed E-state index contributed by atoms with van der Waals surface area (Å²) in [5, 5.41) is 11.6. The van der Waals surface area contributed by atoms with Crippen LogP contribution in [-0.4, -0.2) is 34.2 Å². The zero-order valence-corrected chi connectivity index (χ0v) is 16.0. The molecule has 0 spiro atoms. The van der Waals surface area contributed by atoms with E-state index < -0.39 is 23.7 Å². The molecule has 1 aliphatic heterocycles. The van der Waals surface area contributed by atoms with Crippen molar-refractivity contribution in [2.75, 3.05) is 4.90 Å². The Morgan fingerprint density at radius 2 is 1.86 bits per heavy atom. The van der Waals surface area contributed by atoms with Gasteiger partial charge in [-0.3, -0.25) is 19.5 Å². The van der Waals surface area contributed by atoms with Crippen LogP contribution in [0.3, 0.4) is 0 Å². The van der Waals surface area contributed by atoms with E-state index in [0.29, 0.717) is 11.4 Å². The molecule has 0 aromatic heterocycles. The first-order valence-electron chi connectivity index (χ1n) is 8.41. The second-order valence-electron chi connectivity index (χ2n) is 6.37. The maximum atomic E-state index is 12.9. The fourth-order valence-corrected chi connectivity index (χ4v) is 2.99. The number of carboxylic acid groups (broad SMARTS) is 1. The Bertz CT molecular complexity index is 1010. The van der Waals surface area contributed by atoms with E-state index in [2.05, 4.69) is 10.3 Å². The average Bonchev–Trinajstić information content (AvgIpc) is 2.64. The van der Waals surface area contributed by atoms with Gasteiger partial charge in [0, 0.05) is 6.21 Å². The van der Waals surface area contributed by atoms with Crippen LogP contribution < -0.4 is 10.2 Å². The molecule has 2 aromatic rings. The van der Waals surface area contributed by atoms with Crippen molar-refractivity contribution in [3.05, 3.63) is 59.2 Å². The van der Waals surface area contributed by atoms with Crippen LogP contribution in [0.4, 0.5) is 11.4 Å². The maximum Gasteiger partial charge on any atom is 0.335 e. The number of hydrogen-bond acceptors (Lipinski definition) is 5. The van der Waals surface area contributed by atoms with Gasteiger partial charge in [0.1, 0.15) is 0 Å². The summed E-state index contributed by atoms with van der Waals surface area (Å²) in [5.74, 6) is -3.36. The van der Waals surface area contributed by atoms with Crippen molar-refractivity contribution >= 4 is 52.7 Å². The Balaban J connectivity index is 1.92. The number of carboxylic acids is 1. The van der Waals surface area contributed by atoms with Crippen LogP contribution in [0.25, 0.3) is 0 Å². The van der Waals surface area contributed by atoms with E-state index in [1.165, 1.54) is 23.2 Å². The predicted molar refractivity (Wildman–Crippen MR) is 109 cm³/mol. The highest BCUT2D eigenvalue weighted by Crippen LogP contribution is 2.23. The third kappa shape index (κ3) is 3.81. The van der Waals surface area contributed by atoms with Gasteiger partial charge in [-0.15, -0.1) is 0 Å². The fourth-order valence-electron chi connectivity index (χ4n) is 2.70. The Hall–Kier alpha value is -3.39. The van der Waals surface area contributed by atoms with E-state index in [0.717, 1.165) is 11.1 Å². The van der Waals surface area contributed by atoms with Crippen molar-refractivity contribution < 1.29 is 19.5 Å². The Kier molecular flexibility index (Phi) is 5.32. The molecule has 7 nitrogen and oxygen atoms in total. The Labute approximate surface area is 166 Å². The molecule has 0 aliphatic carbocycles. The number of carbonyl (C=O) groups is 3. The predicted octanol–water partition coefficient (Wildman–Crippen LogP) is 2.77. The third-order valence-corrected chi connectivity index (χ3v) is 4.60. The van der Waals surface area contributed by atoms with Gasteiger partial charge in [-0.1, -0.05) is 23.8 Å². The Morgan fingerprint density at radius 1 is 1.18 bits per heavy atom. The molecule has 3 rings (SSSR count). The van der Waals surface area contributed by atoms with Crippen LogP contribution in [0.5, 0.6) is 0 Å². The highest BCUT2D eigenvalue weighted by molar-refractivity contribution is 7.80. The monoisotopic (exact) mass is 395 g/mol. The largest absolute Gasteiger partial charge is 0.478 e. The lowest BCUT2D eigenvalue weighted by Gasteiger charge is -2.31. The standard InChI is InChI=1S/C20H17N3O4S/c1-11-3-7-14(8-4-11)23-18(25)15(17(24)22-20(23)28)10-21-16-9-13(19(26)27)6-5-12(16)2/h3-10,15H,1-2H3,(H,26,27)(H,22,24,28)/t15-/m0/s1. The average molecular weight is 395 g/mol. The number of carbonyl (C=O) groups excluding carboxylic acids is 2. The number of nitrogens with one attached hydrogen (secondary N) is 1. The van der Waals surface area contributed by atoms with Crippen molar-refractivity contribution in [3.63, 3.8) is 0 Å². The molecule has 0 bridgehead atoms. The van der Waals surface area contributed by atoms with Crippen LogP contribution in [0.2, 0.25) is 0 Å². The first kappa shape index (κ1) is 19.4. The molecule has 2 N–H and O–H groups in total. The highest BCUT2D eigenvalue weighted by Gasteiger charge is 2.38. The normalized spacial score (nSPS) is 17.1. The molecule has 0 saturated carbocycles. The second kappa shape index (κ2) is 7.69. The van der Waals surface area contributed by atoms with Crippen LogP contribution in [-0.2, 0) is 9.59 Å². The molecular formula is C20H17N3O4S. The number of aliphatic imine (C=N–C) groups is 1. The van der Waals surface area contributed by atoms with Gasteiger partial charge >= 0.3 is 5.97 Å². The molecule has 0 radical (unpaired) electrons. The zero-order chi connectivity index (χ0) is 20.4. The molecule has 0 unspecified atom stereocenters. The summed E-state index contributed by atoms with van der Waals surface area (Å²) in [4.78, 5) is 41.8.